The highest BCUT2D eigenvalue weighted by Crippen LogP contribution is 2.37. The average molecular weight is 516 g/mol. The molecule has 0 amide bonds. The fourth-order valence-corrected chi connectivity index (χ4v) is 6.81. The van der Waals surface area contributed by atoms with Crippen LogP contribution < -0.4 is 20.7 Å². The van der Waals surface area contributed by atoms with Crippen molar-refractivity contribution in [3.05, 3.63) is 74.7 Å². The van der Waals surface area contributed by atoms with Crippen LogP contribution in [0.15, 0.2) is 56.5 Å². The van der Waals surface area contributed by atoms with Crippen molar-refractivity contribution in [2.45, 2.75) is 42.6 Å². The zero-order valence-corrected chi connectivity index (χ0v) is 21.1. The minimum absolute atomic E-state index is 0.0136. The topological polar surface area (TPSA) is 117 Å². The smallest absolute Gasteiger partial charge is 0.332 e. The molecule has 0 spiro atoms. The summed E-state index contributed by atoms with van der Waals surface area (Å²) in [5.74, 6) is 0.678. The number of rotatable bonds is 8. The van der Waals surface area contributed by atoms with Crippen molar-refractivity contribution < 1.29 is 13.2 Å². The van der Waals surface area contributed by atoms with Gasteiger partial charge >= 0.3 is 5.69 Å². The molecule has 1 aliphatic carbocycles. The average Bonchev–Trinajstić information content (AvgIpc) is 3.20. The molecule has 1 aromatic carbocycles. The monoisotopic (exact) mass is 515 g/mol. The lowest BCUT2D eigenvalue weighted by molar-refractivity contribution is 0.414. The molecular weight excluding hydrogens is 490 g/mol. The number of hydrogen-bond acceptors (Lipinski definition) is 7. The van der Waals surface area contributed by atoms with Gasteiger partial charge in [0.05, 0.1) is 31.8 Å². The van der Waals surface area contributed by atoms with Crippen molar-refractivity contribution >= 4 is 31.6 Å². The number of benzene rings is 1. The molecule has 1 aliphatic rings. The maximum Gasteiger partial charge on any atom is 0.332 e. The highest BCUT2D eigenvalue weighted by atomic mass is 32.2. The van der Waals surface area contributed by atoms with Gasteiger partial charge in [-0.1, -0.05) is 12.1 Å². The molecule has 0 aliphatic heterocycles. The third kappa shape index (κ3) is 4.56. The second-order valence-electron chi connectivity index (χ2n) is 9.08. The van der Waals surface area contributed by atoms with E-state index in [0.717, 1.165) is 34.3 Å². The first-order chi connectivity index (χ1) is 16.6. The van der Waals surface area contributed by atoms with Crippen molar-refractivity contribution in [2.24, 2.45) is 7.05 Å². The molecule has 5 rings (SSSR count). The summed E-state index contributed by atoms with van der Waals surface area (Å²) in [4.78, 5) is 27.3. The molecule has 0 unspecified atom stereocenters. The summed E-state index contributed by atoms with van der Waals surface area (Å²) in [6, 6.07) is 8.60. The second kappa shape index (κ2) is 8.47. The Labute approximate surface area is 205 Å². The third-order valence-corrected chi connectivity index (χ3v) is 9.39. The van der Waals surface area contributed by atoms with E-state index in [1.54, 1.807) is 43.4 Å². The van der Waals surface area contributed by atoms with Gasteiger partial charge in [0.2, 0.25) is 0 Å². The molecule has 4 aromatic rings. The summed E-state index contributed by atoms with van der Waals surface area (Å²) >= 11 is 0.932. The van der Waals surface area contributed by atoms with Crippen LogP contribution in [0.2, 0.25) is 0 Å². The maximum atomic E-state index is 13.6. The van der Waals surface area contributed by atoms with Crippen LogP contribution in [-0.4, -0.2) is 40.0 Å². The first kappa shape index (κ1) is 23.5. The van der Waals surface area contributed by atoms with Gasteiger partial charge < -0.3 is 4.74 Å². The molecule has 184 valence electrons. The summed E-state index contributed by atoms with van der Waals surface area (Å²) in [6.07, 6.45) is 4.84. The van der Waals surface area contributed by atoms with Crippen LogP contribution in [0.5, 0.6) is 5.75 Å². The fraction of sp³-hybridized carbons (Fsp3) is 0.348. The fourth-order valence-electron chi connectivity index (χ4n) is 3.90. The molecule has 3 aromatic heterocycles. The Hall–Kier alpha value is -3.22. The van der Waals surface area contributed by atoms with Gasteiger partial charge in [-0.05, 0) is 43.5 Å². The number of ether oxygens (including phenoxy) is 1. The van der Waals surface area contributed by atoms with E-state index in [1.165, 1.54) is 10.6 Å². The van der Waals surface area contributed by atoms with Crippen LogP contribution in [0.4, 0.5) is 0 Å². The standard InChI is InChI=1S/C23H25N5O5S2/c1-23(8-9-23)25-35(31,32)19-10-18-20(29)27(14-16-11-24-26(2)12-16)22(30)28(21(18)34-19)13-15-4-6-17(33-3)7-5-15/h4-7,10-12,25H,8-9,13-14H2,1-3H3. The van der Waals surface area contributed by atoms with Crippen LogP contribution >= 0.6 is 11.3 Å². The van der Waals surface area contributed by atoms with Gasteiger partial charge in [-0.15, -0.1) is 11.3 Å². The molecule has 0 atom stereocenters. The van der Waals surface area contributed by atoms with E-state index in [9.17, 15) is 18.0 Å². The van der Waals surface area contributed by atoms with Crippen molar-refractivity contribution in [1.29, 1.82) is 0 Å². The number of sulfonamides is 1. The Bertz CT molecular complexity index is 1640. The largest absolute Gasteiger partial charge is 0.497 e. The highest BCUT2D eigenvalue weighted by Gasteiger charge is 2.41. The Balaban J connectivity index is 1.67. The molecule has 3 heterocycles. The molecule has 35 heavy (non-hydrogen) atoms. The van der Waals surface area contributed by atoms with Crippen molar-refractivity contribution in [3.8, 4) is 5.75 Å². The number of thiophene rings is 1. The molecule has 0 saturated heterocycles. The van der Waals surface area contributed by atoms with Gasteiger partial charge in [-0.25, -0.2) is 17.9 Å². The van der Waals surface area contributed by atoms with Crippen LogP contribution in [0.1, 0.15) is 30.9 Å². The third-order valence-electron chi connectivity index (χ3n) is 6.12. The van der Waals surface area contributed by atoms with Gasteiger partial charge in [0.25, 0.3) is 15.6 Å². The van der Waals surface area contributed by atoms with Crippen LogP contribution in [0.3, 0.4) is 0 Å². The minimum Gasteiger partial charge on any atom is -0.497 e. The van der Waals surface area contributed by atoms with E-state index in [-0.39, 0.29) is 22.7 Å². The first-order valence-corrected chi connectivity index (χ1v) is 13.3. The second-order valence-corrected chi connectivity index (χ2v) is 12.0. The number of aryl methyl sites for hydroxylation is 1. The zero-order valence-electron chi connectivity index (χ0n) is 19.5. The molecule has 12 heteroatoms. The number of methoxy groups -OCH3 is 1. The number of aromatic nitrogens is 4. The molecule has 0 bridgehead atoms. The van der Waals surface area contributed by atoms with Gasteiger partial charge in [-0.3, -0.25) is 18.6 Å². The lowest BCUT2D eigenvalue weighted by Crippen LogP contribution is -2.40. The summed E-state index contributed by atoms with van der Waals surface area (Å²) in [5, 5.41) is 4.30. The Morgan fingerprint density at radius 2 is 1.80 bits per heavy atom. The van der Waals surface area contributed by atoms with Crippen LogP contribution in [0, 0.1) is 0 Å². The Morgan fingerprint density at radius 1 is 1.11 bits per heavy atom. The van der Waals surface area contributed by atoms with Gasteiger partial charge in [0.1, 0.15) is 14.8 Å². The predicted molar refractivity (Wildman–Crippen MR) is 133 cm³/mol. The molecule has 1 fully saturated rings. The lowest BCUT2D eigenvalue weighted by atomic mass is 10.2. The maximum absolute atomic E-state index is 13.6. The number of nitrogens with one attached hydrogen (secondary N) is 1. The number of hydrogen-bond donors (Lipinski definition) is 1. The SMILES string of the molecule is COc1ccc(Cn2c(=O)n(Cc3cnn(C)c3)c(=O)c3cc(S(=O)(=O)NC4(C)CC4)sc32)cc1. The number of nitrogens with zero attached hydrogens (tertiary/aromatic N) is 4. The Morgan fingerprint density at radius 3 is 2.40 bits per heavy atom. The lowest BCUT2D eigenvalue weighted by Gasteiger charge is -2.12. The minimum atomic E-state index is -3.84. The van der Waals surface area contributed by atoms with Gasteiger partial charge in [0, 0.05) is 24.3 Å². The van der Waals surface area contributed by atoms with E-state index < -0.39 is 26.8 Å². The molecule has 1 saturated carbocycles. The van der Waals surface area contributed by atoms with Crippen molar-refractivity contribution in [2.75, 3.05) is 7.11 Å². The van der Waals surface area contributed by atoms with E-state index in [4.69, 9.17) is 4.74 Å². The zero-order chi connectivity index (χ0) is 25.0. The summed E-state index contributed by atoms with van der Waals surface area (Å²) in [5.41, 5.74) is -0.0148. The Kier molecular flexibility index (Phi) is 5.69. The van der Waals surface area contributed by atoms with Gasteiger partial charge in [0.15, 0.2) is 0 Å². The van der Waals surface area contributed by atoms with E-state index >= 15 is 0 Å². The van der Waals surface area contributed by atoms with Crippen LogP contribution in [0.25, 0.3) is 10.2 Å². The quantitative estimate of drug-likeness (QED) is 0.383. The molecule has 1 N–H and O–H groups in total. The van der Waals surface area contributed by atoms with E-state index in [2.05, 4.69) is 9.82 Å². The predicted octanol–water partition coefficient (Wildman–Crippen LogP) is 1.89. The summed E-state index contributed by atoms with van der Waals surface area (Å²) < 4.78 is 38.2. The van der Waals surface area contributed by atoms with Crippen molar-refractivity contribution in [1.82, 2.24) is 23.6 Å². The highest BCUT2D eigenvalue weighted by molar-refractivity contribution is 7.91. The molecule has 0 radical (unpaired) electrons. The van der Waals surface area contributed by atoms with Crippen molar-refractivity contribution in [3.63, 3.8) is 0 Å². The van der Waals surface area contributed by atoms with E-state index in [1.807, 2.05) is 19.1 Å². The summed E-state index contributed by atoms with van der Waals surface area (Å²) in [6.45, 7) is 2.04. The van der Waals surface area contributed by atoms with Gasteiger partial charge in [-0.2, -0.15) is 5.10 Å². The first-order valence-electron chi connectivity index (χ1n) is 11.0. The molecule has 10 nitrogen and oxygen atoms in total. The van der Waals surface area contributed by atoms with E-state index in [0.29, 0.717) is 16.1 Å². The molecular formula is C23H25N5O5S2. The number of fused-ring (bicyclic) bond motifs is 1. The van der Waals surface area contributed by atoms with Crippen LogP contribution in [-0.2, 0) is 30.2 Å². The summed E-state index contributed by atoms with van der Waals surface area (Å²) in [7, 11) is -0.518. The normalized spacial score (nSPS) is 14.9.